The number of aliphatic hydroxyl groups excluding tert-OH is 1. The predicted molar refractivity (Wildman–Crippen MR) is 395 cm³/mol. The molecular weight excluding hydrogens is 1270 g/mol. The van der Waals surface area contributed by atoms with Gasteiger partial charge in [-0.05, 0) is 25.7 Å². The van der Waals surface area contributed by atoms with E-state index in [2.05, 4.69) is 27.7 Å². The van der Waals surface area contributed by atoms with Gasteiger partial charge in [0.2, 0.25) is 0 Å². The quantitative estimate of drug-likeness (QED) is 0.0222. The summed E-state index contributed by atoms with van der Waals surface area (Å²) in [6, 6.07) is 0. The number of hydrogen-bond acceptors (Lipinski definition) is 15. The Kier molecular flexibility index (Phi) is 71.0. The lowest BCUT2D eigenvalue weighted by molar-refractivity contribution is -0.161. The third kappa shape index (κ3) is 72.2. The number of aliphatic hydroxyl groups is 1. The summed E-state index contributed by atoms with van der Waals surface area (Å²) in [6.07, 6.45) is 64.1. The van der Waals surface area contributed by atoms with Gasteiger partial charge >= 0.3 is 39.5 Å². The molecule has 0 fully saturated rings. The van der Waals surface area contributed by atoms with E-state index in [4.69, 9.17) is 37.0 Å². The van der Waals surface area contributed by atoms with Crippen LogP contribution in [0.4, 0.5) is 0 Å². The summed E-state index contributed by atoms with van der Waals surface area (Å²) in [6.45, 7) is 4.95. The summed E-state index contributed by atoms with van der Waals surface area (Å²) < 4.78 is 68.4. The van der Waals surface area contributed by atoms with Crippen LogP contribution in [-0.4, -0.2) is 96.7 Å². The Morgan fingerprint density at radius 2 is 0.412 bits per heavy atom. The second kappa shape index (κ2) is 72.4. The molecule has 0 spiro atoms. The van der Waals surface area contributed by atoms with E-state index in [0.717, 1.165) is 103 Å². The average Bonchev–Trinajstić information content (AvgIpc) is 1.02. The first-order valence-corrected chi connectivity index (χ1v) is 43.8. The molecule has 17 nitrogen and oxygen atoms in total. The fourth-order valence-corrected chi connectivity index (χ4v) is 13.7. The first-order chi connectivity index (χ1) is 47.2. The predicted octanol–water partition coefficient (Wildman–Crippen LogP) is 23.4. The second-order valence-corrected chi connectivity index (χ2v) is 31.0. The third-order valence-electron chi connectivity index (χ3n) is 18.4. The van der Waals surface area contributed by atoms with E-state index in [0.29, 0.717) is 25.7 Å². The van der Waals surface area contributed by atoms with Gasteiger partial charge in [-0.3, -0.25) is 37.3 Å². The molecule has 0 amide bonds. The fourth-order valence-electron chi connectivity index (χ4n) is 12.1. The van der Waals surface area contributed by atoms with Crippen molar-refractivity contribution in [3.05, 3.63) is 0 Å². The molecule has 0 saturated carbocycles. The van der Waals surface area contributed by atoms with Crippen molar-refractivity contribution in [1.29, 1.82) is 0 Å². The van der Waals surface area contributed by atoms with Crippen molar-refractivity contribution >= 4 is 39.5 Å². The van der Waals surface area contributed by atoms with Gasteiger partial charge in [-0.25, -0.2) is 9.13 Å². The lowest BCUT2D eigenvalue weighted by Gasteiger charge is -2.21. The second-order valence-electron chi connectivity index (χ2n) is 28.1. The molecule has 0 saturated heterocycles. The number of hydrogen-bond donors (Lipinski definition) is 3. The zero-order chi connectivity index (χ0) is 71.1. The zero-order valence-corrected chi connectivity index (χ0v) is 64.8. The Balaban J connectivity index is 5.15. The fraction of sp³-hybridized carbons (Fsp3) is 0.949. The highest BCUT2D eigenvalue weighted by Gasteiger charge is 2.30. The van der Waals surface area contributed by atoms with Gasteiger partial charge < -0.3 is 33.8 Å². The third-order valence-corrected chi connectivity index (χ3v) is 20.3. The number of ether oxygens (including phenoxy) is 4. The van der Waals surface area contributed by atoms with Crippen LogP contribution in [0.5, 0.6) is 0 Å². The monoisotopic (exact) mass is 1420 g/mol. The van der Waals surface area contributed by atoms with Crippen molar-refractivity contribution < 1.29 is 80.2 Å². The maximum atomic E-state index is 13.1. The van der Waals surface area contributed by atoms with Gasteiger partial charge in [-0.2, -0.15) is 0 Å². The molecule has 97 heavy (non-hydrogen) atoms. The molecule has 5 atom stereocenters. The summed E-state index contributed by atoms with van der Waals surface area (Å²) >= 11 is 0. The maximum Gasteiger partial charge on any atom is 0.472 e. The van der Waals surface area contributed by atoms with Crippen LogP contribution in [0.2, 0.25) is 0 Å². The highest BCUT2D eigenvalue weighted by molar-refractivity contribution is 7.47. The molecule has 0 heterocycles. The van der Waals surface area contributed by atoms with Crippen LogP contribution in [0, 0.1) is 0 Å². The SMILES string of the molecule is CCCCCCCCCCCCCCCCCCCCCCCC(=O)O[C@H](COC(=O)CCCCCCCCCCCCCCCCCCCC)COP(=O)(O)OC[C@@H](O)COP(=O)(O)OC[C@@H](COC(=O)CCCCCCCCC)OC(=O)CCCCCCCCCCCCC. The van der Waals surface area contributed by atoms with Crippen molar-refractivity contribution in [3.8, 4) is 0 Å². The van der Waals surface area contributed by atoms with Gasteiger partial charge in [-0.15, -0.1) is 0 Å². The number of phosphoric ester groups is 2. The summed E-state index contributed by atoms with van der Waals surface area (Å²) in [7, 11) is -9.90. The van der Waals surface area contributed by atoms with E-state index in [1.165, 1.54) is 238 Å². The highest BCUT2D eigenvalue weighted by Crippen LogP contribution is 2.45. The number of carbonyl (C=O) groups is 4. The summed E-state index contributed by atoms with van der Waals surface area (Å²) in [5.41, 5.74) is 0. The maximum absolute atomic E-state index is 13.1. The molecule has 0 rings (SSSR count). The number of unbranched alkanes of at least 4 members (excludes halogenated alkanes) is 53. The van der Waals surface area contributed by atoms with Crippen molar-refractivity contribution in [2.45, 2.75) is 438 Å². The highest BCUT2D eigenvalue weighted by atomic mass is 31.2. The topological polar surface area (TPSA) is 237 Å². The van der Waals surface area contributed by atoms with Crippen molar-refractivity contribution in [2.24, 2.45) is 0 Å². The van der Waals surface area contributed by atoms with Gasteiger partial charge in [0, 0.05) is 25.7 Å². The standard InChI is InChI=1S/C78H152O17P2/c1-5-9-13-17-21-24-27-29-31-33-35-36-37-39-41-43-46-49-53-57-61-65-78(83)95-74(69-89-76(81)63-59-55-51-47-45-42-40-38-34-32-30-28-25-22-18-14-10-6-2)71-93-97(86,87)91-67-72(79)66-90-96(84,85)92-70-73(68-88-75(80)62-58-54-50-20-16-12-8-4)94-77(82)64-60-56-52-48-44-26-23-19-15-11-7-3/h72-74,79H,5-71H2,1-4H3,(H,84,85)(H,86,87)/t72-,73+,74+/m0/s1. The van der Waals surface area contributed by atoms with E-state index < -0.39 is 97.5 Å². The van der Waals surface area contributed by atoms with Crippen LogP contribution < -0.4 is 0 Å². The molecule has 0 aliphatic rings. The molecule has 0 bridgehead atoms. The molecule has 0 aromatic heterocycles. The lowest BCUT2D eigenvalue weighted by Crippen LogP contribution is -2.30. The molecule has 3 N–H and O–H groups in total. The summed E-state index contributed by atoms with van der Waals surface area (Å²) in [4.78, 5) is 72.7. The van der Waals surface area contributed by atoms with Gasteiger partial charge in [0.25, 0.3) is 0 Å². The molecule has 2 unspecified atom stereocenters. The average molecular weight is 1420 g/mol. The smallest absolute Gasteiger partial charge is 0.462 e. The minimum atomic E-state index is -4.96. The van der Waals surface area contributed by atoms with Crippen molar-refractivity contribution in [3.63, 3.8) is 0 Å². The van der Waals surface area contributed by atoms with E-state index in [-0.39, 0.29) is 25.7 Å². The Labute approximate surface area is 594 Å². The minimum absolute atomic E-state index is 0.107. The Bertz CT molecular complexity index is 1840. The summed E-state index contributed by atoms with van der Waals surface area (Å²) in [5.74, 6) is -2.11. The van der Waals surface area contributed by atoms with Crippen LogP contribution in [0.25, 0.3) is 0 Å². The molecule has 0 aromatic carbocycles. The molecule has 0 aliphatic carbocycles. The summed E-state index contributed by atoms with van der Waals surface area (Å²) in [5, 5.41) is 10.6. The van der Waals surface area contributed by atoms with Crippen LogP contribution >= 0.6 is 15.6 Å². The van der Waals surface area contributed by atoms with Gasteiger partial charge in [-0.1, -0.05) is 368 Å². The molecule has 576 valence electrons. The van der Waals surface area contributed by atoms with Crippen LogP contribution in [0.1, 0.15) is 419 Å². The Morgan fingerprint density at radius 1 is 0.247 bits per heavy atom. The zero-order valence-electron chi connectivity index (χ0n) is 63.1. The number of esters is 4. The van der Waals surface area contributed by atoms with E-state index in [9.17, 15) is 43.2 Å². The Hall–Kier alpha value is -1.94. The van der Waals surface area contributed by atoms with Gasteiger partial charge in [0.05, 0.1) is 26.4 Å². The lowest BCUT2D eigenvalue weighted by atomic mass is 10.0. The van der Waals surface area contributed by atoms with E-state index >= 15 is 0 Å². The normalized spacial score (nSPS) is 13.8. The van der Waals surface area contributed by atoms with Crippen LogP contribution in [0.15, 0.2) is 0 Å². The molecule has 0 radical (unpaired) electrons. The first kappa shape index (κ1) is 95.1. The van der Waals surface area contributed by atoms with Gasteiger partial charge in [0.1, 0.15) is 19.3 Å². The van der Waals surface area contributed by atoms with Gasteiger partial charge in [0.15, 0.2) is 12.2 Å². The minimum Gasteiger partial charge on any atom is -0.462 e. The number of carbonyl (C=O) groups excluding carboxylic acids is 4. The molecule has 0 aromatic rings. The first-order valence-electron chi connectivity index (χ1n) is 40.8. The molecular formula is C78H152O17P2. The van der Waals surface area contributed by atoms with E-state index in [1.54, 1.807) is 0 Å². The molecule has 0 aliphatic heterocycles. The molecule has 19 heteroatoms. The van der Waals surface area contributed by atoms with Crippen LogP contribution in [0.3, 0.4) is 0 Å². The Morgan fingerprint density at radius 3 is 0.608 bits per heavy atom. The number of phosphoric acid groups is 2. The number of rotatable bonds is 79. The van der Waals surface area contributed by atoms with Crippen molar-refractivity contribution in [1.82, 2.24) is 0 Å². The largest absolute Gasteiger partial charge is 0.472 e. The van der Waals surface area contributed by atoms with E-state index in [1.807, 2.05) is 0 Å². The van der Waals surface area contributed by atoms with Crippen LogP contribution in [-0.2, 0) is 65.4 Å². The van der Waals surface area contributed by atoms with Crippen molar-refractivity contribution in [2.75, 3.05) is 39.6 Å².